The summed E-state index contributed by atoms with van der Waals surface area (Å²) in [6, 6.07) is 5.67. The van der Waals surface area contributed by atoms with Gasteiger partial charge >= 0.3 is 6.03 Å². The molecule has 0 aliphatic heterocycles. The fraction of sp³-hybridized carbons (Fsp3) is 0.500. The van der Waals surface area contributed by atoms with Crippen molar-refractivity contribution in [1.82, 2.24) is 15.6 Å². The van der Waals surface area contributed by atoms with Gasteiger partial charge in [0.1, 0.15) is 0 Å². The van der Waals surface area contributed by atoms with Crippen molar-refractivity contribution in [3.05, 3.63) is 30.1 Å². The van der Waals surface area contributed by atoms with Gasteiger partial charge in [-0.1, -0.05) is 19.9 Å². The molecule has 1 heterocycles. The minimum atomic E-state index is -0.107. The first-order chi connectivity index (χ1) is 7.68. The van der Waals surface area contributed by atoms with E-state index in [-0.39, 0.29) is 6.03 Å². The molecule has 0 atom stereocenters. The zero-order chi connectivity index (χ0) is 11.8. The van der Waals surface area contributed by atoms with Crippen molar-refractivity contribution in [2.75, 3.05) is 13.1 Å². The quantitative estimate of drug-likeness (QED) is 0.793. The third kappa shape index (κ3) is 5.34. The normalized spacial score (nSPS) is 10.2. The lowest BCUT2D eigenvalue weighted by Gasteiger charge is -2.08. The Hall–Kier alpha value is -1.58. The highest BCUT2D eigenvalue weighted by molar-refractivity contribution is 5.73. The second-order valence-corrected chi connectivity index (χ2v) is 4.10. The molecule has 1 aromatic rings. The van der Waals surface area contributed by atoms with Gasteiger partial charge in [0, 0.05) is 31.4 Å². The van der Waals surface area contributed by atoms with Crippen LogP contribution in [0.25, 0.3) is 0 Å². The molecule has 88 valence electrons. The van der Waals surface area contributed by atoms with Crippen LogP contribution in [-0.4, -0.2) is 24.1 Å². The molecule has 0 spiro atoms. The maximum absolute atomic E-state index is 11.3. The highest BCUT2D eigenvalue weighted by Gasteiger charge is 2.00. The van der Waals surface area contributed by atoms with Crippen LogP contribution in [0.5, 0.6) is 0 Å². The van der Waals surface area contributed by atoms with Crippen LogP contribution < -0.4 is 10.6 Å². The average Bonchev–Trinajstić information content (AvgIpc) is 2.28. The van der Waals surface area contributed by atoms with Crippen LogP contribution in [0.2, 0.25) is 0 Å². The number of amides is 2. The van der Waals surface area contributed by atoms with E-state index in [0.29, 0.717) is 19.0 Å². The van der Waals surface area contributed by atoms with Gasteiger partial charge in [0.2, 0.25) is 0 Å². The third-order valence-corrected chi connectivity index (χ3v) is 2.06. The monoisotopic (exact) mass is 221 g/mol. The lowest BCUT2D eigenvalue weighted by Crippen LogP contribution is -2.38. The lowest BCUT2D eigenvalue weighted by molar-refractivity contribution is 0.239. The molecule has 16 heavy (non-hydrogen) atoms. The number of aromatic nitrogens is 1. The number of rotatable bonds is 5. The van der Waals surface area contributed by atoms with E-state index in [1.54, 1.807) is 6.20 Å². The van der Waals surface area contributed by atoms with E-state index in [1.807, 2.05) is 18.2 Å². The molecule has 0 saturated carbocycles. The van der Waals surface area contributed by atoms with Gasteiger partial charge in [-0.2, -0.15) is 0 Å². The topological polar surface area (TPSA) is 54.0 Å². The lowest BCUT2D eigenvalue weighted by atomic mass is 10.2. The van der Waals surface area contributed by atoms with Crippen LogP contribution >= 0.6 is 0 Å². The number of hydrogen-bond donors (Lipinski definition) is 2. The Bertz CT molecular complexity index is 311. The molecule has 0 saturated heterocycles. The van der Waals surface area contributed by atoms with Crippen molar-refractivity contribution in [3.63, 3.8) is 0 Å². The minimum absolute atomic E-state index is 0.107. The van der Waals surface area contributed by atoms with Crippen LogP contribution in [-0.2, 0) is 6.42 Å². The number of hydrogen-bond acceptors (Lipinski definition) is 2. The van der Waals surface area contributed by atoms with Gasteiger partial charge in [-0.3, -0.25) is 4.98 Å². The molecule has 0 aliphatic rings. The number of nitrogens with zero attached hydrogens (tertiary/aromatic N) is 1. The first kappa shape index (κ1) is 12.5. The number of pyridine rings is 1. The molecule has 0 radical (unpaired) electrons. The third-order valence-electron chi connectivity index (χ3n) is 2.06. The van der Waals surface area contributed by atoms with Crippen LogP contribution in [0, 0.1) is 5.92 Å². The summed E-state index contributed by atoms with van der Waals surface area (Å²) in [7, 11) is 0. The molecule has 0 fully saturated rings. The van der Waals surface area contributed by atoms with E-state index in [4.69, 9.17) is 0 Å². The standard InChI is InChI=1S/C12H19N3O/c1-10(2)9-15-12(16)14-8-6-11-5-3-4-7-13-11/h3-5,7,10H,6,8-9H2,1-2H3,(H2,14,15,16). The predicted octanol–water partition coefficient (Wildman–Crippen LogP) is 1.58. The van der Waals surface area contributed by atoms with Crippen LogP contribution in [0.1, 0.15) is 19.5 Å². The fourth-order valence-electron chi connectivity index (χ4n) is 1.21. The van der Waals surface area contributed by atoms with Gasteiger partial charge in [0.25, 0.3) is 0 Å². The zero-order valence-electron chi connectivity index (χ0n) is 9.86. The first-order valence-corrected chi connectivity index (χ1v) is 5.60. The van der Waals surface area contributed by atoms with E-state index in [2.05, 4.69) is 29.5 Å². The van der Waals surface area contributed by atoms with Crippen molar-refractivity contribution in [2.24, 2.45) is 5.92 Å². The Labute approximate surface area is 96.5 Å². The molecule has 1 aromatic heterocycles. The van der Waals surface area contributed by atoms with Gasteiger partial charge in [-0.25, -0.2) is 4.79 Å². The summed E-state index contributed by atoms with van der Waals surface area (Å²) in [6.45, 7) is 5.44. The number of nitrogens with one attached hydrogen (secondary N) is 2. The minimum Gasteiger partial charge on any atom is -0.338 e. The second kappa shape index (κ2) is 6.82. The zero-order valence-corrected chi connectivity index (χ0v) is 9.86. The Kier molecular flexibility index (Phi) is 5.32. The molecular weight excluding hydrogens is 202 g/mol. The summed E-state index contributed by atoms with van der Waals surface area (Å²) in [5.74, 6) is 0.474. The number of carbonyl (C=O) groups is 1. The molecule has 0 aromatic carbocycles. The van der Waals surface area contributed by atoms with Gasteiger partial charge in [0.05, 0.1) is 0 Å². The fourth-order valence-corrected chi connectivity index (χ4v) is 1.21. The SMILES string of the molecule is CC(C)CNC(=O)NCCc1ccccn1. The molecule has 4 heteroatoms. The Morgan fingerprint density at radius 2 is 2.19 bits per heavy atom. The van der Waals surface area contributed by atoms with Crippen LogP contribution in [0.3, 0.4) is 0 Å². The molecular formula is C12H19N3O. The van der Waals surface area contributed by atoms with Crippen molar-refractivity contribution < 1.29 is 4.79 Å². The Balaban J connectivity index is 2.13. The van der Waals surface area contributed by atoms with Crippen molar-refractivity contribution >= 4 is 6.03 Å². The second-order valence-electron chi connectivity index (χ2n) is 4.10. The summed E-state index contributed by atoms with van der Waals surface area (Å²) in [4.78, 5) is 15.5. The molecule has 1 rings (SSSR count). The summed E-state index contributed by atoms with van der Waals surface area (Å²) in [6.07, 6.45) is 2.52. The maximum atomic E-state index is 11.3. The van der Waals surface area contributed by atoms with Gasteiger partial charge < -0.3 is 10.6 Å². The Morgan fingerprint density at radius 3 is 2.81 bits per heavy atom. The largest absolute Gasteiger partial charge is 0.338 e. The summed E-state index contributed by atoms with van der Waals surface area (Å²) < 4.78 is 0. The van der Waals surface area contributed by atoms with Crippen LogP contribution in [0.15, 0.2) is 24.4 Å². The van der Waals surface area contributed by atoms with Crippen LogP contribution in [0.4, 0.5) is 4.79 Å². The molecule has 0 unspecified atom stereocenters. The summed E-state index contributed by atoms with van der Waals surface area (Å²) in [5.41, 5.74) is 0.992. The van der Waals surface area contributed by atoms with E-state index >= 15 is 0 Å². The van der Waals surface area contributed by atoms with Gasteiger partial charge in [0.15, 0.2) is 0 Å². The smallest absolute Gasteiger partial charge is 0.314 e. The van der Waals surface area contributed by atoms with E-state index < -0.39 is 0 Å². The van der Waals surface area contributed by atoms with Gasteiger partial charge in [-0.05, 0) is 18.1 Å². The maximum Gasteiger partial charge on any atom is 0.314 e. The molecule has 4 nitrogen and oxygen atoms in total. The molecule has 2 N–H and O–H groups in total. The van der Waals surface area contributed by atoms with Crippen molar-refractivity contribution in [3.8, 4) is 0 Å². The highest BCUT2D eigenvalue weighted by atomic mass is 16.2. The van der Waals surface area contributed by atoms with E-state index in [1.165, 1.54) is 0 Å². The van der Waals surface area contributed by atoms with Crippen molar-refractivity contribution in [1.29, 1.82) is 0 Å². The molecule has 0 bridgehead atoms. The molecule has 2 amide bonds. The number of urea groups is 1. The predicted molar refractivity (Wildman–Crippen MR) is 64.2 cm³/mol. The first-order valence-electron chi connectivity index (χ1n) is 5.60. The summed E-state index contributed by atoms with van der Waals surface area (Å²) >= 11 is 0. The van der Waals surface area contributed by atoms with Gasteiger partial charge in [-0.15, -0.1) is 0 Å². The van der Waals surface area contributed by atoms with E-state index in [9.17, 15) is 4.79 Å². The number of carbonyl (C=O) groups excluding carboxylic acids is 1. The van der Waals surface area contributed by atoms with E-state index in [0.717, 1.165) is 12.1 Å². The average molecular weight is 221 g/mol. The summed E-state index contributed by atoms with van der Waals surface area (Å²) in [5, 5.41) is 5.59. The molecule has 0 aliphatic carbocycles. The highest BCUT2D eigenvalue weighted by Crippen LogP contribution is 1.93. The Morgan fingerprint density at radius 1 is 1.38 bits per heavy atom. The van der Waals surface area contributed by atoms with Crippen molar-refractivity contribution in [2.45, 2.75) is 20.3 Å².